The molecule has 1 heterocycles. The lowest BCUT2D eigenvalue weighted by molar-refractivity contribution is -0.119. The number of nitrogens with zero attached hydrogens (tertiary/aromatic N) is 2. The molecule has 0 unspecified atom stereocenters. The number of benzene rings is 2. The fourth-order valence-corrected chi connectivity index (χ4v) is 2.79. The van der Waals surface area contributed by atoms with Crippen LogP contribution in [0.3, 0.4) is 0 Å². The first kappa shape index (κ1) is 18.6. The maximum absolute atomic E-state index is 13.1. The van der Waals surface area contributed by atoms with Crippen molar-refractivity contribution >= 4 is 29.2 Å². The summed E-state index contributed by atoms with van der Waals surface area (Å²) in [5, 5.41) is 6.78. The number of halogens is 2. The monoisotopic (exact) mass is 387 g/mol. The highest BCUT2D eigenvalue weighted by molar-refractivity contribution is 6.33. The smallest absolute Gasteiger partial charge is 0.343 e. The zero-order valence-corrected chi connectivity index (χ0v) is 15.0. The Hall–Kier alpha value is -3.19. The number of para-hydroxylation sites is 1. The Bertz CT molecular complexity index is 989. The van der Waals surface area contributed by atoms with E-state index in [1.54, 1.807) is 19.1 Å². The maximum Gasteiger partial charge on any atom is 0.343 e. The minimum absolute atomic E-state index is 0.0825. The minimum atomic E-state index is -0.769. The lowest BCUT2D eigenvalue weighted by Gasteiger charge is -2.07. The maximum atomic E-state index is 13.1. The van der Waals surface area contributed by atoms with E-state index in [1.165, 1.54) is 22.9 Å². The van der Waals surface area contributed by atoms with Crippen LogP contribution in [0.25, 0.3) is 5.69 Å². The number of anilines is 1. The van der Waals surface area contributed by atoms with Crippen molar-refractivity contribution in [2.75, 3.05) is 11.9 Å². The summed E-state index contributed by atoms with van der Waals surface area (Å²) in [6, 6.07) is 14.5. The van der Waals surface area contributed by atoms with E-state index >= 15 is 0 Å². The van der Waals surface area contributed by atoms with E-state index in [0.717, 1.165) is 6.07 Å². The number of rotatable bonds is 5. The molecule has 0 saturated carbocycles. The molecule has 1 amide bonds. The number of nitrogens with one attached hydrogen (secondary N) is 1. The van der Waals surface area contributed by atoms with Crippen LogP contribution in [0.1, 0.15) is 16.1 Å². The molecule has 8 heteroatoms. The minimum Gasteiger partial charge on any atom is -0.452 e. The normalized spacial score (nSPS) is 10.5. The van der Waals surface area contributed by atoms with E-state index < -0.39 is 24.3 Å². The van der Waals surface area contributed by atoms with E-state index in [4.69, 9.17) is 16.3 Å². The molecule has 0 aliphatic heterocycles. The van der Waals surface area contributed by atoms with Crippen LogP contribution >= 0.6 is 11.6 Å². The average molecular weight is 388 g/mol. The van der Waals surface area contributed by atoms with Gasteiger partial charge in [-0.2, -0.15) is 5.10 Å². The second-order valence-corrected chi connectivity index (χ2v) is 5.99. The Balaban J connectivity index is 1.68. The van der Waals surface area contributed by atoms with Gasteiger partial charge in [-0.1, -0.05) is 35.9 Å². The highest BCUT2D eigenvalue weighted by Gasteiger charge is 2.23. The Morgan fingerprint density at radius 3 is 2.63 bits per heavy atom. The van der Waals surface area contributed by atoms with Gasteiger partial charge >= 0.3 is 5.97 Å². The van der Waals surface area contributed by atoms with Gasteiger partial charge < -0.3 is 10.1 Å². The van der Waals surface area contributed by atoms with Crippen molar-refractivity contribution in [1.29, 1.82) is 0 Å². The van der Waals surface area contributed by atoms with Gasteiger partial charge in [0.1, 0.15) is 16.5 Å². The van der Waals surface area contributed by atoms with Crippen molar-refractivity contribution in [3.8, 4) is 5.69 Å². The van der Waals surface area contributed by atoms with Crippen molar-refractivity contribution in [2.45, 2.75) is 6.92 Å². The van der Waals surface area contributed by atoms with Crippen LogP contribution in [0.4, 0.5) is 10.1 Å². The zero-order chi connectivity index (χ0) is 19.4. The summed E-state index contributed by atoms with van der Waals surface area (Å²) in [6.07, 6.45) is 0. The predicted octanol–water partition coefficient (Wildman–Crippen LogP) is 3.77. The summed E-state index contributed by atoms with van der Waals surface area (Å²) >= 11 is 6.28. The highest BCUT2D eigenvalue weighted by Crippen LogP contribution is 2.24. The van der Waals surface area contributed by atoms with Crippen LogP contribution in [0.2, 0.25) is 5.15 Å². The molecular formula is C19H15ClFN3O3. The van der Waals surface area contributed by atoms with Crippen LogP contribution in [-0.4, -0.2) is 28.3 Å². The third kappa shape index (κ3) is 4.32. The molecule has 0 fully saturated rings. The molecule has 0 aliphatic carbocycles. The third-order valence-corrected chi connectivity index (χ3v) is 4.00. The first-order valence-electron chi connectivity index (χ1n) is 7.99. The summed E-state index contributed by atoms with van der Waals surface area (Å²) in [5.41, 5.74) is 1.41. The van der Waals surface area contributed by atoms with Crippen LogP contribution in [-0.2, 0) is 9.53 Å². The quantitative estimate of drug-likeness (QED) is 0.676. The standard InChI is InChI=1S/C19H15ClFN3O3/c1-12-17(18(20)24(23-12)15-8-3-2-4-9-15)19(26)27-11-16(25)22-14-7-5-6-13(21)10-14/h2-10H,11H2,1H3,(H,22,25). The third-order valence-electron chi connectivity index (χ3n) is 3.65. The molecule has 2 aromatic carbocycles. The molecule has 0 atom stereocenters. The molecular weight excluding hydrogens is 373 g/mol. The topological polar surface area (TPSA) is 73.2 Å². The fraction of sp³-hybridized carbons (Fsp3) is 0.105. The lowest BCUT2D eigenvalue weighted by atomic mass is 10.2. The van der Waals surface area contributed by atoms with Crippen LogP contribution in [0.5, 0.6) is 0 Å². The Morgan fingerprint density at radius 1 is 1.19 bits per heavy atom. The Labute approximate surface area is 159 Å². The summed E-state index contributed by atoms with van der Waals surface area (Å²) in [4.78, 5) is 24.2. The van der Waals surface area contributed by atoms with Crippen molar-refractivity contribution in [1.82, 2.24) is 9.78 Å². The Morgan fingerprint density at radius 2 is 1.93 bits per heavy atom. The average Bonchev–Trinajstić information content (AvgIpc) is 2.95. The SMILES string of the molecule is Cc1nn(-c2ccccc2)c(Cl)c1C(=O)OCC(=O)Nc1cccc(F)c1. The second-order valence-electron chi connectivity index (χ2n) is 5.63. The molecule has 0 spiro atoms. The van der Waals surface area contributed by atoms with E-state index in [1.807, 2.05) is 18.2 Å². The number of aryl methyl sites for hydroxylation is 1. The molecule has 0 radical (unpaired) electrons. The van der Waals surface area contributed by atoms with E-state index in [0.29, 0.717) is 11.4 Å². The van der Waals surface area contributed by atoms with Crippen molar-refractivity contribution in [3.05, 3.63) is 76.8 Å². The number of carbonyl (C=O) groups is 2. The van der Waals surface area contributed by atoms with Crippen LogP contribution < -0.4 is 5.32 Å². The van der Waals surface area contributed by atoms with E-state index in [-0.39, 0.29) is 16.4 Å². The van der Waals surface area contributed by atoms with Gasteiger partial charge in [-0.15, -0.1) is 0 Å². The predicted molar refractivity (Wildman–Crippen MR) is 98.6 cm³/mol. The largest absolute Gasteiger partial charge is 0.452 e. The molecule has 1 aromatic heterocycles. The summed E-state index contributed by atoms with van der Waals surface area (Å²) in [5.74, 6) is -1.85. The number of esters is 1. The molecule has 27 heavy (non-hydrogen) atoms. The molecule has 6 nitrogen and oxygen atoms in total. The van der Waals surface area contributed by atoms with Gasteiger partial charge in [0.15, 0.2) is 6.61 Å². The van der Waals surface area contributed by atoms with Crippen molar-refractivity contribution < 1.29 is 18.7 Å². The molecule has 1 N–H and O–H groups in total. The number of hydrogen-bond donors (Lipinski definition) is 1. The summed E-state index contributed by atoms with van der Waals surface area (Å²) in [6.45, 7) is 1.08. The molecule has 0 aliphatic rings. The van der Waals surface area contributed by atoms with Crippen molar-refractivity contribution in [2.24, 2.45) is 0 Å². The van der Waals surface area contributed by atoms with Crippen molar-refractivity contribution in [3.63, 3.8) is 0 Å². The highest BCUT2D eigenvalue weighted by atomic mass is 35.5. The van der Waals surface area contributed by atoms with Gasteiger partial charge in [0.05, 0.1) is 11.4 Å². The first-order valence-corrected chi connectivity index (χ1v) is 8.36. The molecule has 0 bridgehead atoms. The summed E-state index contributed by atoms with van der Waals surface area (Å²) < 4.78 is 19.6. The van der Waals surface area contributed by atoms with Crippen LogP contribution in [0.15, 0.2) is 54.6 Å². The number of hydrogen-bond acceptors (Lipinski definition) is 4. The molecule has 3 aromatic rings. The molecule has 0 saturated heterocycles. The number of carbonyl (C=O) groups excluding carboxylic acids is 2. The van der Waals surface area contributed by atoms with Gasteiger partial charge in [0.2, 0.25) is 0 Å². The van der Waals surface area contributed by atoms with Gasteiger partial charge in [0, 0.05) is 5.69 Å². The van der Waals surface area contributed by atoms with E-state index in [9.17, 15) is 14.0 Å². The summed E-state index contributed by atoms with van der Waals surface area (Å²) in [7, 11) is 0. The van der Waals surface area contributed by atoms with Crippen LogP contribution in [0, 0.1) is 12.7 Å². The second kappa shape index (κ2) is 8.01. The molecule has 3 rings (SSSR count). The van der Waals surface area contributed by atoms with E-state index in [2.05, 4.69) is 10.4 Å². The first-order chi connectivity index (χ1) is 13.0. The van der Waals surface area contributed by atoms with Gasteiger partial charge in [-0.25, -0.2) is 13.9 Å². The number of amides is 1. The lowest BCUT2D eigenvalue weighted by Crippen LogP contribution is -2.21. The number of ether oxygens (including phenoxy) is 1. The molecule has 138 valence electrons. The van der Waals surface area contributed by atoms with Gasteiger partial charge in [-0.3, -0.25) is 4.79 Å². The number of aromatic nitrogens is 2. The zero-order valence-electron chi connectivity index (χ0n) is 14.3. The van der Waals surface area contributed by atoms with Gasteiger partial charge in [0.25, 0.3) is 5.91 Å². The van der Waals surface area contributed by atoms with Gasteiger partial charge in [-0.05, 0) is 37.3 Å². The fourth-order valence-electron chi connectivity index (χ4n) is 2.44. The Kier molecular flexibility index (Phi) is 5.52.